The molecule has 0 aliphatic rings. The second-order valence-corrected chi connectivity index (χ2v) is 4.25. The number of hydrogen-bond donors (Lipinski definition) is 2. The summed E-state index contributed by atoms with van der Waals surface area (Å²) in [6, 6.07) is 7.18. The Morgan fingerprint density at radius 3 is 2.64 bits per heavy atom. The molecule has 2 rings (SSSR count). The van der Waals surface area contributed by atoms with Gasteiger partial charge >= 0.3 is 0 Å². The lowest BCUT2D eigenvalue weighted by Crippen LogP contribution is -1.89. The maximum absolute atomic E-state index is 9.71. The first-order chi connectivity index (χ1) is 6.70. The van der Waals surface area contributed by atoms with Crippen LogP contribution in [0.5, 0.6) is 5.75 Å². The van der Waals surface area contributed by atoms with E-state index in [-0.39, 0.29) is 5.75 Å². The highest BCUT2D eigenvalue weighted by Gasteiger charge is 2.10. The van der Waals surface area contributed by atoms with Gasteiger partial charge in [-0.2, -0.15) is 0 Å². The van der Waals surface area contributed by atoms with Crippen molar-refractivity contribution >= 4 is 17.0 Å². The van der Waals surface area contributed by atoms with E-state index in [4.69, 9.17) is 5.73 Å². The van der Waals surface area contributed by atoms with Gasteiger partial charge in [0.2, 0.25) is 0 Å². The molecule has 3 heteroatoms. The van der Waals surface area contributed by atoms with Crippen LogP contribution in [0, 0.1) is 6.92 Å². The van der Waals surface area contributed by atoms with Gasteiger partial charge in [0.1, 0.15) is 5.75 Å². The zero-order valence-electron chi connectivity index (χ0n) is 7.82. The summed E-state index contributed by atoms with van der Waals surface area (Å²) in [7, 11) is 0. The highest BCUT2D eigenvalue weighted by atomic mass is 32.1. The maximum Gasteiger partial charge on any atom is 0.125 e. The van der Waals surface area contributed by atoms with Gasteiger partial charge < -0.3 is 10.8 Å². The van der Waals surface area contributed by atoms with Gasteiger partial charge in [-0.1, -0.05) is 6.07 Å². The van der Waals surface area contributed by atoms with Gasteiger partial charge in [0.05, 0.1) is 0 Å². The van der Waals surface area contributed by atoms with Crippen LogP contribution in [0.15, 0.2) is 29.6 Å². The van der Waals surface area contributed by atoms with Crippen LogP contribution in [-0.2, 0) is 0 Å². The normalized spacial score (nSPS) is 10.4. The van der Waals surface area contributed by atoms with Gasteiger partial charge in [-0.05, 0) is 30.5 Å². The lowest BCUT2D eigenvalue weighted by Gasteiger charge is -2.07. The number of phenolic OH excluding ortho intramolecular Hbond substituents is 1. The number of anilines is 1. The highest BCUT2D eigenvalue weighted by molar-refractivity contribution is 7.10. The Labute approximate surface area is 86.6 Å². The second-order valence-electron chi connectivity index (χ2n) is 3.13. The second kappa shape index (κ2) is 3.35. The van der Waals surface area contributed by atoms with Crippen molar-refractivity contribution in [1.82, 2.24) is 0 Å². The number of aryl methyl sites for hydroxylation is 1. The Bertz CT molecular complexity index is 442. The number of nitrogen functional groups attached to an aromatic ring is 1. The van der Waals surface area contributed by atoms with Crippen molar-refractivity contribution in [2.24, 2.45) is 0 Å². The van der Waals surface area contributed by atoms with Crippen molar-refractivity contribution in [1.29, 1.82) is 0 Å². The third-order valence-electron chi connectivity index (χ3n) is 2.20. The highest BCUT2D eigenvalue weighted by Crippen LogP contribution is 2.37. The first-order valence-electron chi connectivity index (χ1n) is 4.32. The fourth-order valence-corrected chi connectivity index (χ4v) is 2.20. The van der Waals surface area contributed by atoms with Crippen molar-refractivity contribution in [3.8, 4) is 16.9 Å². The van der Waals surface area contributed by atoms with Crippen LogP contribution >= 0.6 is 11.3 Å². The molecule has 72 valence electrons. The molecule has 3 N–H and O–H groups in total. The first-order valence-corrected chi connectivity index (χ1v) is 5.20. The number of nitrogens with two attached hydrogens (primary N) is 1. The Kier molecular flexibility index (Phi) is 2.17. The Morgan fingerprint density at radius 1 is 1.29 bits per heavy atom. The fraction of sp³-hybridized carbons (Fsp3) is 0.0909. The zero-order chi connectivity index (χ0) is 10.1. The summed E-state index contributed by atoms with van der Waals surface area (Å²) in [6.07, 6.45) is 0. The number of benzene rings is 1. The summed E-state index contributed by atoms with van der Waals surface area (Å²) >= 11 is 1.65. The summed E-state index contributed by atoms with van der Waals surface area (Å²) in [4.78, 5) is 1.17. The molecule has 0 saturated heterocycles. The smallest absolute Gasteiger partial charge is 0.125 e. The number of rotatable bonds is 1. The molecule has 0 aliphatic carbocycles. The van der Waals surface area contributed by atoms with E-state index in [1.165, 1.54) is 4.88 Å². The Morgan fingerprint density at radius 2 is 2.07 bits per heavy atom. The molecule has 0 unspecified atom stereocenters. The zero-order valence-corrected chi connectivity index (χ0v) is 8.64. The van der Waals surface area contributed by atoms with Crippen LogP contribution in [0.3, 0.4) is 0 Å². The molecule has 14 heavy (non-hydrogen) atoms. The third kappa shape index (κ3) is 1.36. The molecule has 0 fully saturated rings. The quantitative estimate of drug-likeness (QED) is 0.703. The van der Waals surface area contributed by atoms with Crippen LogP contribution in [-0.4, -0.2) is 5.11 Å². The Hall–Kier alpha value is -1.48. The predicted octanol–water partition coefficient (Wildman–Crippen LogP) is 3.01. The lowest BCUT2D eigenvalue weighted by molar-refractivity contribution is 0.477. The number of thiophene rings is 1. The molecule has 0 radical (unpaired) electrons. The molecule has 2 nitrogen and oxygen atoms in total. The molecule has 1 aromatic heterocycles. The molecule has 0 aliphatic heterocycles. The van der Waals surface area contributed by atoms with Gasteiger partial charge in [-0.3, -0.25) is 0 Å². The van der Waals surface area contributed by atoms with E-state index < -0.39 is 0 Å². The van der Waals surface area contributed by atoms with Crippen LogP contribution in [0.25, 0.3) is 11.1 Å². The molecule has 1 heterocycles. The molecular formula is C11H11NOS. The van der Waals surface area contributed by atoms with E-state index in [9.17, 15) is 5.11 Å². The average Bonchev–Trinajstić information content (AvgIpc) is 2.52. The van der Waals surface area contributed by atoms with Gasteiger partial charge in [-0.25, -0.2) is 0 Å². The molecule has 0 atom stereocenters. The largest absolute Gasteiger partial charge is 0.507 e. The van der Waals surface area contributed by atoms with E-state index >= 15 is 0 Å². The van der Waals surface area contributed by atoms with Crippen molar-refractivity contribution in [2.45, 2.75) is 6.92 Å². The topological polar surface area (TPSA) is 46.2 Å². The molecule has 1 aromatic carbocycles. The van der Waals surface area contributed by atoms with Gasteiger partial charge in [0, 0.05) is 21.7 Å². The fourth-order valence-electron chi connectivity index (χ4n) is 1.50. The molecular weight excluding hydrogens is 194 g/mol. The first kappa shape index (κ1) is 9.09. The van der Waals surface area contributed by atoms with Crippen molar-refractivity contribution in [3.63, 3.8) is 0 Å². The van der Waals surface area contributed by atoms with Crippen LogP contribution < -0.4 is 5.73 Å². The molecule has 0 spiro atoms. The summed E-state index contributed by atoms with van der Waals surface area (Å²) in [5.41, 5.74) is 8.20. The maximum atomic E-state index is 9.71. The van der Waals surface area contributed by atoms with Gasteiger partial charge in [-0.15, -0.1) is 11.3 Å². The molecule has 2 aromatic rings. The van der Waals surface area contributed by atoms with E-state index in [0.29, 0.717) is 5.69 Å². The summed E-state index contributed by atoms with van der Waals surface area (Å²) in [5, 5.41) is 11.7. The van der Waals surface area contributed by atoms with Gasteiger partial charge in [0.25, 0.3) is 0 Å². The number of hydrogen-bond acceptors (Lipinski definition) is 3. The van der Waals surface area contributed by atoms with Crippen molar-refractivity contribution < 1.29 is 5.11 Å². The number of phenols is 1. The lowest BCUT2D eigenvalue weighted by atomic mass is 10.0. The molecule has 0 saturated carbocycles. The minimum Gasteiger partial charge on any atom is -0.507 e. The van der Waals surface area contributed by atoms with Crippen molar-refractivity contribution in [2.75, 3.05) is 5.73 Å². The Balaban J connectivity index is 2.68. The molecule has 0 amide bonds. The summed E-state index contributed by atoms with van der Waals surface area (Å²) in [5.74, 6) is 0.242. The predicted molar refractivity (Wildman–Crippen MR) is 60.6 cm³/mol. The van der Waals surface area contributed by atoms with E-state index in [2.05, 4.69) is 0 Å². The standard InChI is InChI=1S/C11H11NOS/c1-7-8(5-6-14-7)11-9(12)3-2-4-10(11)13/h2-6,13H,12H2,1H3. The molecule has 0 bridgehead atoms. The van der Waals surface area contributed by atoms with E-state index in [1.54, 1.807) is 29.5 Å². The van der Waals surface area contributed by atoms with E-state index in [0.717, 1.165) is 11.1 Å². The van der Waals surface area contributed by atoms with Crippen LogP contribution in [0.4, 0.5) is 5.69 Å². The van der Waals surface area contributed by atoms with Gasteiger partial charge in [0.15, 0.2) is 0 Å². The SMILES string of the molecule is Cc1sccc1-c1c(N)cccc1O. The number of aromatic hydroxyl groups is 1. The van der Waals surface area contributed by atoms with Crippen LogP contribution in [0.2, 0.25) is 0 Å². The minimum absolute atomic E-state index is 0.242. The average molecular weight is 205 g/mol. The van der Waals surface area contributed by atoms with E-state index in [1.807, 2.05) is 18.4 Å². The third-order valence-corrected chi connectivity index (χ3v) is 3.05. The van der Waals surface area contributed by atoms with Crippen molar-refractivity contribution in [3.05, 3.63) is 34.5 Å². The summed E-state index contributed by atoms with van der Waals surface area (Å²) in [6.45, 7) is 2.02. The monoisotopic (exact) mass is 205 g/mol. The van der Waals surface area contributed by atoms with Crippen LogP contribution in [0.1, 0.15) is 4.88 Å². The summed E-state index contributed by atoms with van der Waals surface area (Å²) < 4.78 is 0. The minimum atomic E-state index is 0.242.